The number of benzene rings is 1. The number of amides is 1. The van der Waals surface area contributed by atoms with E-state index in [2.05, 4.69) is 38.1 Å². The number of alkyl halides is 1. The number of hydrogen-bond donors (Lipinski definition) is 2. The lowest BCUT2D eigenvalue weighted by Crippen LogP contribution is -2.63. The molecule has 0 radical (unpaired) electrons. The second-order valence-corrected chi connectivity index (χ2v) is 8.94. The molecule has 3 N–H and O–H groups in total. The van der Waals surface area contributed by atoms with Gasteiger partial charge in [0.2, 0.25) is 0 Å². The van der Waals surface area contributed by atoms with Gasteiger partial charge in [0.15, 0.2) is 0 Å². The molecular weight excluding hydrogens is 420 g/mol. The Balaban J connectivity index is 1.60. The molecule has 6 nitrogen and oxygen atoms in total. The second-order valence-electron chi connectivity index (χ2n) is 7.83. The molecule has 1 amide bonds. The fourth-order valence-corrected chi connectivity index (χ4v) is 4.59. The minimum Gasteiger partial charge on any atom is -0.384 e. The number of nitrogens with one attached hydrogen (secondary N) is 1. The minimum atomic E-state index is -0.478. The van der Waals surface area contributed by atoms with Gasteiger partial charge in [0.05, 0.1) is 11.1 Å². The molecule has 1 aromatic carbocycles. The fraction of sp³-hybridized carbons (Fsp3) is 0.524. The standard InChI is InChI=1S/C21H29BrN4O2/c1-15(13-28-2)11-26-10-8-21(23,18(22)12-26)14-25-20(27)17-7-3-5-16-6-4-9-24-19(16)17/h3-7,9,15,18H,8,10-14,23H2,1-2H3,(H,25,27). The van der Waals surface area contributed by atoms with E-state index < -0.39 is 5.54 Å². The number of nitrogens with two attached hydrogens (primary N) is 1. The largest absolute Gasteiger partial charge is 0.384 e. The molecule has 2 aromatic rings. The second kappa shape index (κ2) is 9.31. The molecule has 1 aromatic heterocycles. The summed E-state index contributed by atoms with van der Waals surface area (Å²) in [6, 6.07) is 9.47. The first kappa shape index (κ1) is 21.2. The quantitative estimate of drug-likeness (QED) is 0.635. The van der Waals surface area contributed by atoms with Crippen LogP contribution in [0.15, 0.2) is 36.5 Å². The Bertz CT molecular complexity index is 813. The molecule has 1 saturated heterocycles. The number of hydrogen-bond acceptors (Lipinski definition) is 5. The van der Waals surface area contributed by atoms with Crippen molar-refractivity contribution in [2.24, 2.45) is 11.7 Å². The number of fused-ring (bicyclic) bond motifs is 1. The van der Waals surface area contributed by atoms with Gasteiger partial charge in [-0.05, 0) is 24.5 Å². The molecular formula is C21H29BrN4O2. The third-order valence-corrected chi connectivity index (χ3v) is 6.61. The van der Waals surface area contributed by atoms with E-state index in [0.29, 0.717) is 23.5 Å². The van der Waals surface area contributed by atoms with Crippen LogP contribution in [-0.4, -0.2) is 66.1 Å². The fourth-order valence-electron chi connectivity index (χ4n) is 3.79. The van der Waals surface area contributed by atoms with Crippen LogP contribution in [0.5, 0.6) is 0 Å². The van der Waals surface area contributed by atoms with Gasteiger partial charge in [-0.25, -0.2) is 0 Å². The number of ether oxygens (including phenoxy) is 1. The van der Waals surface area contributed by atoms with Crippen LogP contribution in [0.1, 0.15) is 23.7 Å². The Morgan fingerprint density at radius 1 is 1.46 bits per heavy atom. The van der Waals surface area contributed by atoms with Crippen LogP contribution in [0.25, 0.3) is 10.9 Å². The zero-order chi connectivity index (χ0) is 20.1. The van der Waals surface area contributed by atoms with E-state index in [1.807, 2.05) is 24.3 Å². The summed E-state index contributed by atoms with van der Waals surface area (Å²) in [7, 11) is 1.74. The highest BCUT2D eigenvalue weighted by Crippen LogP contribution is 2.26. The number of carbonyl (C=O) groups excluding carboxylic acids is 1. The predicted octanol–water partition coefficient (Wildman–Crippen LogP) is 2.41. The lowest BCUT2D eigenvalue weighted by atomic mass is 9.88. The normalized spacial score (nSPS) is 24.2. The number of methoxy groups -OCH3 is 1. The van der Waals surface area contributed by atoms with Crippen LogP contribution in [0, 0.1) is 5.92 Å². The summed E-state index contributed by atoms with van der Waals surface area (Å²) in [5, 5.41) is 3.99. The van der Waals surface area contributed by atoms with E-state index in [9.17, 15) is 4.79 Å². The number of pyridine rings is 1. The smallest absolute Gasteiger partial charge is 0.253 e. The summed E-state index contributed by atoms with van der Waals surface area (Å²) in [4.78, 5) is 19.7. The Hall–Kier alpha value is -1.54. The van der Waals surface area contributed by atoms with Gasteiger partial charge in [-0.15, -0.1) is 0 Å². The molecule has 0 saturated carbocycles. The van der Waals surface area contributed by atoms with Gasteiger partial charge in [0.25, 0.3) is 5.91 Å². The highest BCUT2D eigenvalue weighted by atomic mass is 79.9. The molecule has 3 unspecified atom stereocenters. The van der Waals surface area contributed by atoms with Crippen molar-refractivity contribution in [1.29, 1.82) is 0 Å². The van der Waals surface area contributed by atoms with Gasteiger partial charge in [0, 0.05) is 61.8 Å². The Labute approximate surface area is 174 Å². The molecule has 3 atom stereocenters. The molecule has 0 spiro atoms. The number of piperidine rings is 1. The van der Waals surface area contributed by atoms with Crippen molar-refractivity contribution in [3.05, 3.63) is 42.1 Å². The first-order chi connectivity index (χ1) is 13.4. The number of para-hydroxylation sites is 1. The van der Waals surface area contributed by atoms with Crippen molar-refractivity contribution in [2.75, 3.05) is 39.9 Å². The van der Waals surface area contributed by atoms with Crippen molar-refractivity contribution in [3.63, 3.8) is 0 Å². The highest BCUT2D eigenvalue weighted by molar-refractivity contribution is 9.09. The van der Waals surface area contributed by atoms with Crippen LogP contribution < -0.4 is 11.1 Å². The molecule has 1 aliphatic rings. The molecule has 1 fully saturated rings. The third-order valence-electron chi connectivity index (χ3n) is 5.41. The van der Waals surface area contributed by atoms with Gasteiger partial charge in [-0.1, -0.05) is 41.1 Å². The Morgan fingerprint density at radius 3 is 3.00 bits per heavy atom. The van der Waals surface area contributed by atoms with Gasteiger partial charge in [-0.3, -0.25) is 9.78 Å². The summed E-state index contributed by atoms with van der Waals surface area (Å²) < 4.78 is 5.23. The van der Waals surface area contributed by atoms with Crippen LogP contribution in [-0.2, 0) is 4.74 Å². The maximum atomic E-state index is 12.8. The highest BCUT2D eigenvalue weighted by Gasteiger charge is 2.39. The zero-order valence-electron chi connectivity index (χ0n) is 16.5. The van der Waals surface area contributed by atoms with E-state index >= 15 is 0 Å². The van der Waals surface area contributed by atoms with E-state index in [4.69, 9.17) is 10.5 Å². The summed E-state index contributed by atoms with van der Waals surface area (Å²) in [5.41, 5.74) is 7.48. The van der Waals surface area contributed by atoms with Gasteiger partial charge >= 0.3 is 0 Å². The van der Waals surface area contributed by atoms with Crippen molar-refractivity contribution >= 4 is 32.7 Å². The van der Waals surface area contributed by atoms with Crippen LogP contribution in [0.2, 0.25) is 0 Å². The molecule has 0 aliphatic carbocycles. The molecule has 2 heterocycles. The predicted molar refractivity (Wildman–Crippen MR) is 116 cm³/mol. The van der Waals surface area contributed by atoms with Gasteiger partial charge in [-0.2, -0.15) is 0 Å². The van der Waals surface area contributed by atoms with Crippen LogP contribution in [0.4, 0.5) is 0 Å². The van der Waals surface area contributed by atoms with Gasteiger partial charge in [0.1, 0.15) is 0 Å². The van der Waals surface area contributed by atoms with Crippen LogP contribution >= 0.6 is 15.9 Å². The lowest BCUT2D eigenvalue weighted by Gasteiger charge is -2.44. The summed E-state index contributed by atoms with van der Waals surface area (Å²) in [6.45, 7) is 6.13. The van der Waals surface area contributed by atoms with Crippen molar-refractivity contribution < 1.29 is 9.53 Å². The average Bonchev–Trinajstić information content (AvgIpc) is 2.69. The molecule has 28 heavy (non-hydrogen) atoms. The Kier molecular flexibility index (Phi) is 7.04. The maximum absolute atomic E-state index is 12.8. The van der Waals surface area contributed by atoms with E-state index in [0.717, 1.165) is 38.0 Å². The van der Waals surface area contributed by atoms with E-state index in [-0.39, 0.29) is 10.7 Å². The number of aromatic nitrogens is 1. The minimum absolute atomic E-state index is 0.106. The number of likely N-dealkylation sites (tertiary alicyclic amines) is 1. The number of rotatable bonds is 7. The summed E-state index contributed by atoms with van der Waals surface area (Å²) in [6.07, 6.45) is 2.52. The van der Waals surface area contributed by atoms with Crippen LogP contribution in [0.3, 0.4) is 0 Å². The molecule has 0 bridgehead atoms. The number of nitrogens with zero attached hydrogens (tertiary/aromatic N) is 2. The molecule has 7 heteroatoms. The van der Waals surface area contributed by atoms with Crippen molar-refractivity contribution in [1.82, 2.24) is 15.2 Å². The molecule has 3 rings (SSSR count). The van der Waals surface area contributed by atoms with E-state index in [1.54, 1.807) is 19.4 Å². The Morgan fingerprint density at radius 2 is 2.25 bits per heavy atom. The summed E-state index contributed by atoms with van der Waals surface area (Å²) >= 11 is 3.76. The van der Waals surface area contributed by atoms with Crippen molar-refractivity contribution in [2.45, 2.75) is 23.7 Å². The van der Waals surface area contributed by atoms with E-state index in [1.165, 1.54) is 0 Å². The number of halogens is 1. The molecule has 1 aliphatic heterocycles. The third kappa shape index (κ3) is 4.89. The lowest BCUT2D eigenvalue weighted by molar-refractivity contribution is 0.0906. The summed E-state index contributed by atoms with van der Waals surface area (Å²) in [5.74, 6) is 0.346. The monoisotopic (exact) mass is 448 g/mol. The topological polar surface area (TPSA) is 80.5 Å². The zero-order valence-corrected chi connectivity index (χ0v) is 18.1. The van der Waals surface area contributed by atoms with Crippen molar-refractivity contribution in [3.8, 4) is 0 Å². The molecule has 152 valence electrons. The average molecular weight is 449 g/mol. The number of carbonyl (C=O) groups is 1. The first-order valence-corrected chi connectivity index (χ1v) is 10.6. The first-order valence-electron chi connectivity index (χ1n) is 9.69. The van der Waals surface area contributed by atoms with Gasteiger partial charge < -0.3 is 20.7 Å². The maximum Gasteiger partial charge on any atom is 0.253 e. The SMILES string of the molecule is COCC(C)CN1CCC(N)(CNC(=O)c2cccc3cccnc23)C(Br)C1.